The van der Waals surface area contributed by atoms with E-state index in [4.69, 9.17) is 0 Å². The topological polar surface area (TPSA) is 66.4 Å². The van der Waals surface area contributed by atoms with E-state index in [0.29, 0.717) is 25.7 Å². The van der Waals surface area contributed by atoms with Crippen LogP contribution in [0.2, 0.25) is 0 Å². The standard InChI is InChI=1S/C19H19F4NO3S/c20-18-11-16(28(26,27)24-14-5-7-15(25)8-6-14)9-10-17(18)12-1-3-13(4-2-12)19(21,22)23/h1-4,9-11,14-15,24-25H,5-8H2/t14-,15-. The van der Waals surface area contributed by atoms with Gasteiger partial charge in [-0.2, -0.15) is 13.2 Å². The molecule has 0 aliphatic heterocycles. The third-order valence-corrected chi connectivity index (χ3v) is 6.31. The molecule has 0 aromatic heterocycles. The molecule has 0 unspecified atom stereocenters. The minimum Gasteiger partial charge on any atom is -0.393 e. The molecule has 1 fully saturated rings. The van der Waals surface area contributed by atoms with Gasteiger partial charge in [0.15, 0.2) is 0 Å². The summed E-state index contributed by atoms with van der Waals surface area (Å²) in [6, 6.07) is 6.95. The molecular formula is C19H19F4NO3S. The van der Waals surface area contributed by atoms with Crippen molar-refractivity contribution < 1.29 is 31.1 Å². The Morgan fingerprint density at radius 3 is 2.11 bits per heavy atom. The Balaban J connectivity index is 1.80. The Kier molecular flexibility index (Phi) is 5.79. The summed E-state index contributed by atoms with van der Waals surface area (Å²) in [6.07, 6.45) is -2.95. The molecule has 0 heterocycles. The van der Waals surface area contributed by atoms with Gasteiger partial charge in [-0.1, -0.05) is 18.2 Å². The fraction of sp³-hybridized carbons (Fsp3) is 0.368. The van der Waals surface area contributed by atoms with Crippen LogP contribution in [0.1, 0.15) is 31.2 Å². The van der Waals surface area contributed by atoms with E-state index in [1.807, 2.05) is 0 Å². The van der Waals surface area contributed by atoms with Crippen molar-refractivity contribution in [2.75, 3.05) is 0 Å². The number of aliphatic hydroxyl groups is 1. The Morgan fingerprint density at radius 1 is 0.964 bits per heavy atom. The van der Waals surface area contributed by atoms with Gasteiger partial charge < -0.3 is 5.11 Å². The molecule has 0 amide bonds. The highest BCUT2D eigenvalue weighted by molar-refractivity contribution is 7.89. The first-order chi connectivity index (χ1) is 13.1. The van der Waals surface area contributed by atoms with Gasteiger partial charge in [-0.15, -0.1) is 0 Å². The molecule has 2 aromatic carbocycles. The lowest BCUT2D eigenvalue weighted by Gasteiger charge is -2.26. The van der Waals surface area contributed by atoms with Crippen molar-refractivity contribution in [3.8, 4) is 11.1 Å². The average molecular weight is 417 g/mol. The van der Waals surface area contributed by atoms with E-state index in [-0.39, 0.29) is 22.1 Å². The number of rotatable bonds is 4. The summed E-state index contributed by atoms with van der Waals surface area (Å²) in [4.78, 5) is -0.258. The summed E-state index contributed by atoms with van der Waals surface area (Å²) in [5.74, 6) is -0.846. The Bertz CT molecular complexity index is 935. The summed E-state index contributed by atoms with van der Waals surface area (Å²) in [5.41, 5.74) is -0.630. The molecule has 0 saturated heterocycles. The summed E-state index contributed by atoms with van der Waals surface area (Å²) < 4.78 is 79.9. The molecule has 152 valence electrons. The van der Waals surface area contributed by atoms with Gasteiger partial charge >= 0.3 is 6.18 Å². The quantitative estimate of drug-likeness (QED) is 0.737. The smallest absolute Gasteiger partial charge is 0.393 e. The number of hydrogen-bond donors (Lipinski definition) is 2. The zero-order valence-electron chi connectivity index (χ0n) is 14.7. The molecule has 28 heavy (non-hydrogen) atoms. The number of benzene rings is 2. The molecule has 9 heteroatoms. The molecule has 1 aliphatic rings. The van der Waals surface area contributed by atoms with Crippen molar-refractivity contribution in [2.24, 2.45) is 0 Å². The summed E-state index contributed by atoms with van der Waals surface area (Å²) in [5, 5.41) is 9.49. The van der Waals surface area contributed by atoms with E-state index in [1.54, 1.807) is 0 Å². The monoisotopic (exact) mass is 417 g/mol. The molecule has 1 aliphatic carbocycles. The Labute approximate surface area is 160 Å². The van der Waals surface area contributed by atoms with Crippen molar-refractivity contribution in [3.05, 3.63) is 53.8 Å². The SMILES string of the molecule is O=S(=O)(N[C@H]1CC[C@H](O)CC1)c1ccc(-c2ccc(C(F)(F)F)cc2)c(F)c1. The third-order valence-electron chi connectivity index (χ3n) is 4.79. The number of sulfonamides is 1. The van der Waals surface area contributed by atoms with Crippen LogP contribution in [-0.2, 0) is 16.2 Å². The van der Waals surface area contributed by atoms with Gasteiger partial charge in [0.25, 0.3) is 0 Å². The van der Waals surface area contributed by atoms with Gasteiger partial charge in [-0.3, -0.25) is 0 Å². The van der Waals surface area contributed by atoms with E-state index >= 15 is 0 Å². The fourth-order valence-electron chi connectivity index (χ4n) is 3.22. The van der Waals surface area contributed by atoms with Gasteiger partial charge in [-0.05, 0) is 55.5 Å². The van der Waals surface area contributed by atoms with Crippen LogP contribution in [0, 0.1) is 5.82 Å². The van der Waals surface area contributed by atoms with E-state index in [2.05, 4.69) is 4.72 Å². The third kappa shape index (κ3) is 4.71. The number of hydrogen-bond acceptors (Lipinski definition) is 3. The lowest BCUT2D eigenvalue weighted by Crippen LogP contribution is -2.38. The van der Waals surface area contributed by atoms with Gasteiger partial charge in [0.1, 0.15) is 5.82 Å². The minimum atomic E-state index is -4.49. The Morgan fingerprint density at radius 2 is 1.57 bits per heavy atom. The van der Waals surface area contributed by atoms with Crippen LogP contribution in [0.4, 0.5) is 17.6 Å². The molecule has 1 saturated carbocycles. The maximum Gasteiger partial charge on any atom is 0.416 e. The number of nitrogens with one attached hydrogen (secondary N) is 1. The summed E-state index contributed by atoms with van der Waals surface area (Å²) >= 11 is 0. The molecule has 0 spiro atoms. The first kappa shape index (κ1) is 20.8. The second-order valence-electron chi connectivity index (χ2n) is 6.84. The molecule has 3 rings (SSSR count). The molecule has 0 bridgehead atoms. The minimum absolute atomic E-state index is 0.00784. The van der Waals surface area contributed by atoms with Gasteiger partial charge in [0.2, 0.25) is 10.0 Å². The zero-order chi connectivity index (χ0) is 20.5. The van der Waals surface area contributed by atoms with Crippen molar-refractivity contribution in [1.29, 1.82) is 0 Å². The zero-order valence-corrected chi connectivity index (χ0v) is 15.5. The summed E-state index contributed by atoms with van der Waals surface area (Å²) in [7, 11) is -3.95. The van der Waals surface area contributed by atoms with Crippen LogP contribution in [0.3, 0.4) is 0 Å². The number of aliphatic hydroxyl groups excluding tert-OH is 1. The van der Waals surface area contributed by atoms with Crippen LogP contribution in [0.15, 0.2) is 47.4 Å². The molecular weight excluding hydrogens is 398 g/mol. The maximum atomic E-state index is 14.5. The first-order valence-electron chi connectivity index (χ1n) is 8.74. The van der Waals surface area contributed by atoms with Crippen LogP contribution in [-0.4, -0.2) is 25.7 Å². The van der Waals surface area contributed by atoms with Crippen LogP contribution in [0.25, 0.3) is 11.1 Å². The van der Waals surface area contributed by atoms with Gasteiger partial charge in [0.05, 0.1) is 16.6 Å². The highest BCUT2D eigenvalue weighted by Gasteiger charge is 2.30. The van der Waals surface area contributed by atoms with E-state index in [0.717, 1.165) is 30.3 Å². The summed E-state index contributed by atoms with van der Waals surface area (Å²) in [6.45, 7) is 0. The van der Waals surface area contributed by atoms with Crippen LogP contribution in [0.5, 0.6) is 0 Å². The fourth-order valence-corrected chi connectivity index (χ4v) is 4.53. The largest absolute Gasteiger partial charge is 0.416 e. The normalized spacial score (nSPS) is 20.9. The van der Waals surface area contributed by atoms with Crippen molar-refractivity contribution >= 4 is 10.0 Å². The molecule has 2 N–H and O–H groups in total. The number of alkyl halides is 3. The second-order valence-corrected chi connectivity index (χ2v) is 8.56. The predicted molar refractivity (Wildman–Crippen MR) is 95.4 cm³/mol. The van der Waals surface area contributed by atoms with Gasteiger partial charge in [-0.25, -0.2) is 17.5 Å². The lowest BCUT2D eigenvalue weighted by atomic mass is 9.94. The molecule has 2 aromatic rings. The average Bonchev–Trinajstić information content (AvgIpc) is 2.63. The predicted octanol–water partition coefficient (Wildman–Crippen LogP) is 4.09. The van der Waals surface area contributed by atoms with Gasteiger partial charge in [0, 0.05) is 11.6 Å². The molecule has 0 radical (unpaired) electrons. The lowest BCUT2D eigenvalue weighted by molar-refractivity contribution is -0.137. The second kappa shape index (κ2) is 7.81. The Hall–Kier alpha value is -1.97. The highest BCUT2D eigenvalue weighted by atomic mass is 32.2. The first-order valence-corrected chi connectivity index (χ1v) is 10.2. The van der Waals surface area contributed by atoms with Crippen molar-refractivity contribution in [2.45, 2.75) is 48.9 Å². The van der Waals surface area contributed by atoms with Crippen molar-refractivity contribution in [3.63, 3.8) is 0 Å². The van der Waals surface area contributed by atoms with Crippen molar-refractivity contribution in [1.82, 2.24) is 4.72 Å². The maximum absolute atomic E-state index is 14.5. The van der Waals surface area contributed by atoms with E-state index in [9.17, 15) is 31.1 Å². The highest BCUT2D eigenvalue weighted by Crippen LogP contribution is 2.32. The van der Waals surface area contributed by atoms with Crippen LogP contribution < -0.4 is 4.72 Å². The van der Waals surface area contributed by atoms with Crippen LogP contribution >= 0.6 is 0 Å². The van der Waals surface area contributed by atoms with E-state index < -0.39 is 33.7 Å². The van der Waals surface area contributed by atoms with E-state index in [1.165, 1.54) is 12.1 Å². The molecule has 4 nitrogen and oxygen atoms in total. The number of halogens is 4. The molecule has 0 atom stereocenters.